The van der Waals surface area contributed by atoms with Crippen LogP contribution in [0, 0.1) is 0 Å². The van der Waals surface area contributed by atoms with Gasteiger partial charge in [0.1, 0.15) is 11.4 Å². The van der Waals surface area contributed by atoms with E-state index in [9.17, 15) is 4.79 Å². The van der Waals surface area contributed by atoms with Crippen molar-refractivity contribution in [3.05, 3.63) is 66.0 Å². The molecule has 0 atom stereocenters. The highest BCUT2D eigenvalue weighted by Crippen LogP contribution is 2.16. The fourth-order valence-corrected chi connectivity index (χ4v) is 2.11. The van der Waals surface area contributed by atoms with Gasteiger partial charge in [-0.1, -0.05) is 25.1 Å². The first-order valence-corrected chi connectivity index (χ1v) is 7.13. The van der Waals surface area contributed by atoms with Gasteiger partial charge >= 0.3 is 0 Å². The van der Waals surface area contributed by atoms with E-state index in [1.165, 1.54) is 5.56 Å². The summed E-state index contributed by atoms with van der Waals surface area (Å²) in [7, 11) is 0. The number of anilines is 1. The summed E-state index contributed by atoms with van der Waals surface area (Å²) in [6, 6.07) is 15.1. The Morgan fingerprint density at radius 2 is 1.95 bits per heavy atom. The zero-order valence-electron chi connectivity index (χ0n) is 12.2. The number of aryl methyl sites for hydroxylation is 1. The van der Waals surface area contributed by atoms with Gasteiger partial charge in [0, 0.05) is 11.9 Å². The van der Waals surface area contributed by atoms with Crippen LogP contribution in [-0.2, 0) is 6.42 Å². The molecule has 0 aliphatic carbocycles. The summed E-state index contributed by atoms with van der Waals surface area (Å²) >= 11 is 0. The lowest BCUT2D eigenvalue weighted by atomic mass is 10.1. The van der Waals surface area contributed by atoms with E-state index in [0.717, 1.165) is 17.8 Å². The molecule has 0 aliphatic rings. The van der Waals surface area contributed by atoms with Gasteiger partial charge < -0.3 is 5.32 Å². The van der Waals surface area contributed by atoms with E-state index < -0.39 is 0 Å². The zero-order chi connectivity index (χ0) is 15.4. The van der Waals surface area contributed by atoms with E-state index in [0.29, 0.717) is 11.4 Å². The van der Waals surface area contributed by atoms with Gasteiger partial charge in [0.25, 0.3) is 5.91 Å². The van der Waals surface area contributed by atoms with Crippen molar-refractivity contribution in [2.24, 2.45) is 0 Å². The number of carbonyl (C=O) groups is 1. The van der Waals surface area contributed by atoms with Gasteiger partial charge in [-0.25, -0.2) is 0 Å². The highest BCUT2D eigenvalue weighted by Gasteiger charge is 2.11. The van der Waals surface area contributed by atoms with Crippen molar-refractivity contribution in [1.82, 2.24) is 15.2 Å². The first-order chi connectivity index (χ1) is 10.8. The first-order valence-electron chi connectivity index (χ1n) is 7.13. The molecule has 0 aliphatic heterocycles. The maximum Gasteiger partial charge on any atom is 0.273 e. The Kier molecular flexibility index (Phi) is 3.96. The van der Waals surface area contributed by atoms with E-state index >= 15 is 0 Å². The highest BCUT2D eigenvalue weighted by molar-refractivity contribution is 6.03. The molecule has 1 amide bonds. The number of nitrogens with one attached hydrogen (secondary N) is 2. The zero-order valence-corrected chi connectivity index (χ0v) is 12.2. The van der Waals surface area contributed by atoms with Crippen LogP contribution in [0.1, 0.15) is 23.0 Å². The third kappa shape index (κ3) is 3.03. The lowest BCUT2D eigenvalue weighted by molar-refractivity contribution is 0.102. The molecule has 2 aromatic heterocycles. The average molecular weight is 292 g/mol. The molecular formula is C17H16N4O. The Morgan fingerprint density at radius 1 is 1.14 bits per heavy atom. The summed E-state index contributed by atoms with van der Waals surface area (Å²) in [4.78, 5) is 16.4. The van der Waals surface area contributed by atoms with Gasteiger partial charge in [0.2, 0.25) is 0 Å². The number of pyridine rings is 1. The minimum atomic E-state index is -0.223. The first kappa shape index (κ1) is 14.0. The Bertz CT molecular complexity index is 763. The maximum atomic E-state index is 12.2. The Hall–Kier alpha value is -2.95. The summed E-state index contributed by atoms with van der Waals surface area (Å²) in [6.45, 7) is 2.09. The summed E-state index contributed by atoms with van der Waals surface area (Å²) in [6.07, 6.45) is 2.67. The predicted octanol–water partition coefficient (Wildman–Crippen LogP) is 3.29. The molecule has 5 nitrogen and oxygen atoms in total. The van der Waals surface area contributed by atoms with Gasteiger partial charge in [0.05, 0.1) is 5.69 Å². The number of nitrogens with zero attached hydrogens (tertiary/aromatic N) is 2. The second kappa shape index (κ2) is 6.22. The Balaban J connectivity index is 1.74. The lowest BCUT2D eigenvalue weighted by Gasteiger charge is -2.04. The minimum absolute atomic E-state index is 0.223. The molecule has 2 heterocycles. The van der Waals surface area contributed by atoms with Crippen LogP contribution in [0.2, 0.25) is 0 Å². The summed E-state index contributed by atoms with van der Waals surface area (Å²) < 4.78 is 0. The Labute approximate surface area is 128 Å². The molecule has 110 valence electrons. The maximum absolute atomic E-state index is 12.2. The van der Waals surface area contributed by atoms with Gasteiger partial charge in [-0.05, 0) is 42.3 Å². The summed E-state index contributed by atoms with van der Waals surface area (Å²) in [5.74, 6) is -0.223. The third-order valence-electron chi connectivity index (χ3n) is 3.37. The topological polar surface area (TPSA) is 70.7 Å². The molecule has 0 unspecified atom stereocenters. The molecule has 0 spiro atoms. The van der Waals surface area contributed by atoms with Crippen LogP contribution in [-0.4, -0.2) is 21.1 Å². The second-order valence-corrected chi connectivity index (χ2v) is 4.89. The molecule has 1 aromatic carbocycles. The fourth-order valence-electron chi connectivity index (χ4n) is 2.11. The monoisotopic (exact) mass is 292 g/mol. The standard InChI is InChI=1S/C17H16N4O/c1-2-12-6-8-13(9-7-12)19-17(22)16-11-15(20-21-16)14-5-3-4-10-18-14/h3-11H,2H2,1H3,(H,19,22)(H,20,21). The minimum Gasteiger partial charge on any atom is -0.321 e. The van der Waals surface area contributed by atoms with E-state index in [-0.39, 0.29) is 5.91 Å². The van der Waals surface area contributed by atoms with Gasteiger partial charge in [-0.3, -0.25) is 14.9 Å². The number of amides is 1. The number of aromatic amines is 1. The van der Waals surface area contributed by atoms with Crippen molar-refractivity contribution in [3.63, 3.8) is 0 Å². The molecule has 0 radical (unpaired) electrons. The lowest BCUT2D eigenvalue weighted by Crippen LogP contribution is -2.12. The van der Waals surface area contributed by atoms with Gasteiger partial charge in [-0.2, -0.15) is 5.10 Å². The summed E-state index contributed by atoms with van der Waals surface area (Å²) in [5.41, 5.74) is 3.77. The predicted molar refractivity (Wildman–Crippen MR) is 85.6 cm³/mol. The SMILES string of the molecule is CCc1ccc(NC(=O)c2cc(-c3ccccn3)n[nH]2)cc1. The quantitative estimate of drug-likeness (QED) is 0.775. The number of rotatable bonds is 4. The van der Waals surface area contributed by atoms with Crippen LogP contribution in [0.3, 0.4) is 0 Å². The fraction of sp³-hybridized carbons (Fsp3) is 0.118. The third-order valence-corrected chi connectivity index (χ3v) is 3.37. The van der Waals surface area contributed by atoms with Crippen molar-refractivity contribution in [3.8, 4) is 11.4 Å². The van der Waals surface area contributed by atoms with E-state index in [1.54, 1.807) is 12.3 Å². The second-order valence-electron chi connectivity index (χ2n) is 4.89. The summed E-state index contributed by atoms with van der Waals surface area (Å²) in [5, 5.41) is 9.72. The molecule has 5 heteroatoms. The van der Waals surface area contributed by atoms with Crippen molar-refractivity contribution < 1.29 is 4.79 Å². The van der Waals surface area contributed by atoms with E-state index in [4.69, 9.17) is 0 Å². The van der Waals surface area contributed by atoms with E-state index in [2.05, 4.69) is 27.4 Å². The molecule has 0 saturated heterocycles. The number of hydrogen-bond acceptors (Lipinski definition) is 3. The highest BCUT2D eigenvalue weighted by atomic mass is 16.1. The average Bonchev–Trinajstić information content (AvgIpc) is 3.06. The van der Waals surface area contributed by atoms with Gasteiger partial charge in [-0.15, -0.1) is 0 Å². The number of carbonyl (C=O) groups excluding carboxylic acids is 1. The van der Waals surface area contributed by atoms with Crippen LogP contribution in [0.4, 0.5) is 5.69 Å². The normalized spacial score (nSPS) is 10.4. The molecular weight excluding hydrogens is 276 g/mol. The van der Waals surface area contributed by atoms with Gasteiger partial charge in [0.15, 0.2) is 0 Å². The molecule has 2 N–H and O–H groups in total. The van der Waals surface area contributed by atoms with Crippen molar-refractivity contribution >= 4 is 11.6 Å². The van der Waals surface area contributed by atoms with Crippen molar-refractivity contribution in [2.45, 2.75) is 13.3 Å². The molecule has 3 rings (SSSR count). The van der Waals surface area contributed by atoms with E-state index in [1.807, 2.05) is 42.5 Å². The molecule has 22 heavy (non-hydrogen) atoms. The van der Waals surface area contributed by atoms with Crippen molar-refractivity contribution in [1.29, 1.82) is 0 Å². The molecule has 3 aromatic rings. The van der Waals surface area contributed by atoms with Crippen LogP contribution >= 0.6 is 0 Å². The van der Waals surface area contributed by atoms with Crippen LogP contribution in [0.15, 0.2) is 54.7 Å². The number of benzene rings is 1. The number of H-pyrrole nitrogens is 1. The molecule has 0 fully saturated rings. The van der Waals surface area contributed by atoms with Crippen molar-refractivity contribution in [2.75, 3.05) is 5.32 Å². The number of hydrogen-bond donors (Lipinski definition) is 2. The largest absolute Gasteiger partial charge is 0.321 e. The molecule has 0 saturated carbocycles. The van der Waals surface area contributed by atoms with Crippen LogP contribution < -0.4 is 5.32 Å². The smallest absolute Gasteiger partial charge is 0.273 e. The number of aromatic nitrogens is 3. The van der Waals surface area contributed by atoms with Crippen LogP contribution in [0.5, 0.6) is 0 Å². The van der Waals surface area contributed by atoms with Crippen LogP contribution in [0.25, 0.3) is 11.4 Å². The Morgan fingerprint density at radius 3 is 2.64 bits per heavy atom. The molecule has 0 bridgehead atoms.